The van der Waals surface area contributed by atoms with Crippen LogP contribution in [0, 0.1) is 0 Å². The van der Waals surface area contributed by atoms with Crippen LogP contribution in [0.3, 0.4) is 0 Å². The molecule has 0 radical (unpaired) electrons. The fraction of sp³-hybridized carbons (Fsp3) is 0.233. The summed E-state index contributed by atoms with van der Waals surface area (Å²) in [5, 5.41) is 2.28. The van der Waals surface area contributed by atoms with E-state index in [-0.39, 0.29) is 11.4 Å². The van der Waals surface area contributed by atoms with Crippen LogP contribution in [0.5, 0.6) is 11.5 Å². The van der Waals surface area contributed by atoms with Crippen LogP contribution in [0.15, 0.2) is 83.8 Å². The van der Waals surface area contributed by atoms with Crippen LogP contribution in [-0.2, 0) is 14.3 Å². The summed E-state index contributed by atoms with van der Waals surface area (Å²) in [6, 6.07) is 24.2. The molecule has 3 aromatic carbocycles. The molecule has 0 aliphatic carbocycles. The van der Waals surface area contributed by atoms with Crippen LogP contribution in [0.1, 0.15) is 5.56 Å². The highest BCUT2D eigenvalue weighted by atomic mass is 32.2. The first-order valence-electron chi connectivity index (χ1n) is 12.9. The number of morpholine rings is 1. The highest BCUT2D eigenvalue weighted by Crippen LogP contribution is 2.32. The van der Waals surface area contributed by atoms with Gasteiger partial charge in [-0.05, 0) is 71.9 Å². The topological polar surface area (TPSA) is 97.4 Å². The van der Waals surface area contributed by atoms with Gasteiger partial charge in [0.1, 0.15) is 31.3 Å². The van der Waals surface area contributed by atoms with Gasteiger partial charge in [0, 0.05) is 24.5 Å². The summed E-state index contributed by atoms with van der Waals surface area (Å²) in [7, 11) is 0. The maximum atomic E-state index is 12.9. The molecule has 10 heteroatoms. The second kappa shape index (κ2) is 13.2. The first-order chi connectivity index (χ1) is 19.5. The monoisotopic (exact) mass is 559 g/mol. The van der Waals surface area contributed by atoms with Crippen LogP contribution in [0.2, 0.25) is 0 Å². The number of rotatable bonds is 10. The fourth-order valence-corrected chi connectivity index (χ4v) is 5.08. The number of imide groups is 1. The molecule has 3 aromatic rings. The Hall–Kier alpha value is -4.28. The molecule has 0 saturated carbocycles. The largest absolute Gasteiger partial charge is 0.490 e. The number of carbonyl (C=O) groups is 3. The summed E-state index contributed by atoms with van der Waals surface area (Å²) in [5.41, 5.74) is 2.35. The van der Waals surface area contributed by atoms with Crippen molar-refractivity contribution in [3.05, 3.63) is 89.3 Å². The molecule has 2 heterocycles. The summed E-state index contributed by atoms with van der Waals surface area (Å²) >= 11 is 0.810. The Bertz CT molecular complexity index is 1370. The van der Waals surface area contributed by atoms with E-state index in [4.69, 9.17) is 14.2 Å². The number of nitrogens with zero attached hydrogens (tertiary/aromatic N) is 2. The molecule has 2 fully saturated rings. The van der Waals surface area contributed by atoms with Crippen molar-refractivity contribution in [2.45, 2.75) is 0 Å². The minimum Gasteiger partial charge on any atom is -0.490 e. The Labute approximate surface area is 236 Å². The van der Waals surface area contributed by atoms with Gasteiger partial charge in [-0.25, -0.2) is 0 Å². The first-order valence-corrected chi connectivity index (χ1v) is 13.8. The fourth-order valence-electron chi connectivity index (χ4n) is 4.24. The second-order valence-corrected chi connectivity index (χ2v) is 10.0. The minimum absolute atomic E-state index is 0.247. The van der Waals surface area contributed by atoms with E-state index in [1.54, 1.807) is 30.3 Å². The Morgan fingerprint density at radius 1 is 0.900 bits per heavy atom. The first kappa shape index (κ1) is 27.3. The molecule has 3 amide bonds. The van der Waals surface area contributed by atoms with Gasteiger partial charge in [0.2, 0.25) is 5.91 Å². The molecule has 40 heavy (non-hydrogen) atoms. The number of hydrogen-bond donors (Lipinski definition) is 1. The predicted molar refractivity (Wildman–Crippen MR) is 155 cm³/mol. The van der Waals surface area contributed by atoms with Crippen LogP contribution in [0.25, 0.3) is 6.08 Å². The van der Waals surface area contributed by atoms with E-state index in [1.165, 1.54) is 0 Å². The summed E-state index contributed by atoms with van der Waals surface area (Å²) < 4.78 is 16.8. The van der Waals surface area contributed by atoms with Gasteiger partial charge in [-0.2, -0.15) is 0 Å². The molecule has 9 nitrogen and oxygen atoms in total. The van der Waals surface area contributed by atoms with E-state index in [1.807, 2.05) is 54.6 Å². The van der Waals surface area contributed by atoms with Crippen molar-refractivity contribution in [3.8, 4) is 11.5 Å². The molecule has 0 aromatic heterocycles. The van der Waals surface area contributed by atoms with Gasteiger partial charge in [0.15, 0.2) is 0 Å². The summed E-state index contributed by atoms with van der Waals surface area (Å²) in [5.74, 6) is 0.431. The molecule has 0 unspecified atom stereocenters. The van der Waals surface area contributed by atoms with Gasteiger partial charge in [0.05, 0.1) is 18.1 Å². The molecule has 206 valence electrons. The number of ether oxygens (including phenoxy) is 3. The van der Waals surface area contributed by atoms with Gasteiger partial charge >= 0.3 is 0 Å². The Morgan fingerprint density at radius 3 is 2.35 bits per heavy atom. The molecule has 0 bridgehead atoms. The van der Waals surface area contributed by atoms with E-state index in [9.17, 15) is 14.4 Å². The number of carbonyl (C=O) groups excluding carboxylic acids is 3. The van der Waals surface area contributed by atoms with E-state index >= 15 is 0 Å². The van der Waals surface area contributed by atoms with E-state index in [0.29, 0.717) is 43.4 Å². The lowest BCUT2D eigenvalue weighted by molar-refractivity contribution is -0.127. The quantitative estimate of drug-likeness (QED) is 0.283. The van der Waals surface area contributed by atoms with Crippen LogP contribution in [0.4, 0.5) is 16.2 Å². The molecular weight excluding hydrogens is 530 g/mol. The average Bonchev–Trinajstić information content (AvgIpc) is 3.24. The lowest BCUT2D eigenvalue weighted by Crippen LogP contribution is -2.36. The third-order valence-corrected chi connectivity index (χ3v) is 7.13. The van der Waals surface area contributed by atoms with Crippen molar-refractivity contribution in [1.82, 2.24) is 4.90 Å². The van der Waals surface area contributed by atoms with Crippen LogP contribution >= 0.6 is 11.8 Å². The smallest absolute Gasteiger partial charge is 0.294 e. The van der Waals surface area contributed by atoms with Gasteiger partial charge < -0.3 is 24.4 Å². The van der Waals surface area contributed by atoms with Crippen molar-refractivity contribution in [3.63, 3.8) is 0 Å². The Kier molecular flexibility index (Phi) is 9.00. The SMILES string of the molecule is O=C(CN1C(=O)S/C(=C/c2cccc(OCCOc3ccccc3)c2)C1=O)Nc1ccc(N2CCOCC2)cc1. The number of thioether (sulfide) groups is 1. The van der Waals surface area contributed by atoms with Gasteiger partial charge in [0.25, 0.3) is 11.1 Å². The van der Waals surface area contributed by atoms with Crippen molar-refractivity contribution in [2.24, 2.45) is 0 Å². The number of benzene rings is 3. The zero-order valence-electron chi connectivity index (χ0n) is 21.8. The highest BCUT2D eigenvalue weighted by Gasteiger charge is 2.36. The summed E-state index contributed by atoms with van der Waals surface area (Å²) in [6.45, 7) is 3.38. The average molecular weight is 560 g/mol. The third-order valence-electron chi connectivity index (χ3n) is 6.22. The molecule has 1 N–H and O–H groups in total. The molecule has 0 atom stereocenters. The standard InChI is InChI=1S/C30H29N3O6S/c34-28(31-23-9-11-24(12-10-23)32-13-15-37-16-14-32)21-33-29(35)27(40-30(33)36)20-22-5-4-8-26(19-22)39-18-17-38-25-6-2-1-3-7-25/h1-12,19-20H,13-18,21H2,(H,31,34)/b27-20+. The van der Waals surface area contributed by atoms with Gasteiger partial charge in [-0.1, -0.05) is 30.3 Å². The summed E-state index contributed by atoms with van der Waals surface area (Å²) in [4.78, 5) is 41.5. The normalized spacial score (nSPS) is 16.4. The Morgan fingerprint density at radius 2 is 1.60 bits per heavy atom. The predicted octanol–water partition coefficient (Wildman–Crippen LogP) is 4.66. The van der Waals surface area contributed by atoms with Gasteiger partial charge in [-0.3, -0.25) is 19.3 Å². The number of anilines is 2. The Balaban J connectivity index is 1.13. The molecule has 2 aliphatic rings. The number of nitrogens with one attached hydrogen (secondary N) is 1. The zero-order chi connectivity index (χ0) is 27.7. The zero-order valence-corrected chi connectivity index (χ0v) is 22.6. The van der Waals surface area contributed by atoms with E-state index in [2.05, 4.69) is 10.2 Å². The number of para-hydroxylation sites is 1. The van der Waals surface area contributed by atoms with Gasteiger partial charge in [-0.15, -0.1) is 0 Å². The summed E-state index contributed by atoms with van der Waals surface area (Å²) in [6.07, 6.45) is 1.63. The second-order valence-electron chi connectivity index (χ2n) is 9.04. The van der Waals surface area contributed by atoms with E-state index in [0.717, 1.165) is 41.2 Å². The number of hydrogen-bond acceptors (Lipinski definition) is 8. The number of amides is 3. The molecular formula is C30H29N3O6S. The highest BCUT2D eigenvalue weighted by molar-refractivity contribution is 8.18. The van der Waals surface area contributed by atoms with Crippen molar-refractivity contribution in [1.29, 1.82) is 0 Å². The van der Waals surface area contributed by atoms with E-state index < -0.39 is 17.1 Å². The van der Waals surface area contributed by atoms with Crippen molar-refractivity contribution in [2.75, 3.05) is 56.3 Å². The molecule has 2 aliphatic heterocycles. The lowest BCUT2D eigenvalue weighted by atomic mass is 10.2. The minimum atomic E-state index is -0.504. The lowest BCUT2D eigenvalue weighted by Gasteiger charge is -2.28. The van der Waals surface area contributed by atoms with Crippen molar-refractivity contribution < 1.29 is 28.6 Å². The maximum Gasteiger partial charge on any atom is 0.294 e. The van der Waals surface area contributed by atoms with Crippen LogP contribution in [-0.4, -0.2) is 68.0 Å². The molecule has 5 rings (SSSR count). The van der Waals surface area contributed by atoms with Crippen molar-refractivity contribution >= 4 is 46.3 Å². The third kappa shape index (κ3) is 7.22. The molecule has 0 spiro atoms. The maximum absolute atomic E-state index is 12.9. The molecule has 2 saturated heterocycles. The van der Waals surface area contributed by atoms with Crippen LogP contribution < -0.4 is 19.7 Å².